The summed E-state index contributed by atoms with van der Waals surface area (Å²) in [6, 6.07) is 16.1. The van der Waals surface area contributed by atoms with E-state index in [-0.39, 0.29) is 5.60 Å². The average molecular weight is 357 g/mol. The van der Waals surface area contributed by atoms with E-state index in [1.165, 1.54) is 5.56 Å². The summed E-state index contributed by atoms with van der Waals surface area (Å²) in [5.41, 5.74) is 2.47. The number of benzene rings is 2. The fourth-order valence-corrected chi connectivity index (χ4v) is 4.03. The molecule has 1 N–H and O–H groups in total. The Bertz CT molecular complexity index is 784. The molecule has 2 aromatic carbocycles. The highest BCUT2D eigenvalue weighted by Crippen LogP contribution is 2.43. The molecular formula is C20H21ClN2O2. The SMILES string of the molecule is O/N=C1/CC2(CCN(Cc3ccccc3)CC2)Oc2c(Cl)cccc21. The van der Waals surface area contributed by atoms with Gasteiger partial charge >= 0.3 is 0 Å². The van der Waals surface area contributed by atoms with Crippen molar-refractivity contribution in [3.8, 4) is 5.75 Å². The molecular weight excluding hydrogens is 336 g/mol. The number of nitrogens with zero attached hydrogens (tertiary/aromatic N) is 2. The summed E-state index contributed by atoms with van der Waals surface area (Å²) in [5, 5.41) is 13.6. The fraction of sp³-hybridized carbons (Fsp3) is 0.350. The molecule has 4 nitrogen and oxygen atoms in total. The van der Waals surface area contributed by atoms with Crippen molar-refractivity contribution >= 4 is 17.3 Å². The summed E-state index contributed by atoms with van der Waals surface area (Å²) in [7, 11) is 0. The van der Waals surface area contributed by atoms with E-state index in [9.17, 15) is 5.21 Å². The highest BCUT2D eigenvalue weighted by molar-refractivity contribution is 6.33. The summed E-state index contributed by atoms with van der Waals surface area (Å²) in [4.78, 5) is 2.45. The molecule has 0 radical (unpaired) electrons. The normalized spacial score (nSPS) is 21.1. The molecule has 25 heavy (non-hydrogen) atoms. The molecule has 0 saturated carbocycles. The third-order valence-electron chi connectivity index (χ3n) is 5.22. The molecule has 0 aliphatic carbocycles. The van der Waals surface area contributed by atoms with Crippen LogP contribution in [0.4, 0.5) is 0 Å². The van der Waals surface area contributed by atoms with Crippen LogP contribution in [0, 0.1) is 0 Å². The Morgan fingerprint density at radius 1 is 1.08 bits per heavy atom. The number of hydrogen-bond acceptors (Lipinski definition) is 4. The minimum atomic E-state index is -0.327. The largest absolute Gasteiger partial charge is 0.485 e. The predicted molar refractivity (Wildman–Crippen MR) is 98.7 cm³/mol. The minimum Gasteiger partial charge on any atom is -0.485 e. The van der Waals surface area contributed by atoms with Gasteiger partial charge < -0.3 is 9.94 Å². The fourth-order valence-electron chi connectivity index (χ4n) is 3.82. The first kappa shape index (κ1) is 16.4. The van der Waals surface area contributed by atoms with Crippen LogP contribution >= 0.6 is 11.6 Å². The molecule has 0 bridgehead atoms. The van der Waals surface area contributed by atoms with Crippen molar-refractivity contribution in [1.82, 2.24) is 4.90 Å². The number of fused-ring (bicyclic) bond motifs is 1. The van der Waals surface area contributed by atoms with Crippen LogP contribution in [0.25, 0.3) is 0 Å². The molecule has 2 heterocycles. The number of hydrogen-bond donors (Lipinski definition) is 1. The van der Waals surface area contributed by atoms with Crippen LogP contribution in [0.1, 0.15) is 30.4 Å². The molecule has 0 aromatic heterocycles. The first-order valence-electron chi connectivity index (χ1n) is 8.64. The summed E-state index contributed by atoms with van der Waals surface area (Å²) in [6.07, 6.45) is 2.41. The predicted octanol–water partition coefficient (Wildman–Crippen LogP) is 4.34. The third-order valence-corrected chi connectivity index (χ3v) is 5.52. The lowest BCUT2D eigenvalue weighted by molar-refractivity contribution is 0.000505. The van der Waals surface area contributed by atoms with E-state index in [0.717, 1.165) is 38.0 Å². The van der Waals surface area contributed by atoms with Gasteiger partial charge in [-0.2, -0.15) is 0 Å². The first-order valence-corrected chi connectivity index (χ1v) is 9.02. The molecule has 4 rings (SSSR count). The highest BCUT2D eigenvalue weighted by Gasteiger charge is 2.42. The molecule has 2 aliphatic heterocycles. The smallest absolute Gasteiger partial charge is 0.147 e. The van der Waals surface area contributed by atoms with E-state index in [4.69, 9.17) is 16.3 Å². The molecule has 5 heteroatoms. The second-order valence-electron chi connectivity index (χ2n) is 6.89. The maximum absolute atomic E-state index is 9.47. The lowest BCUT2D eigenvalue weighted by Gasteiger charge is -2.44. The maximum atomic E-state index is 9.47. The lowest BCUT2D eigenvalue weighted by Crippen LogP contribution is -2.51. The van der Waals surface area contributed by atoms with Gasteiger partial charge in [-0.1, -0.05) is 53.2 Å². The van der Waals surface area contributed by atoms with Gasteiger partial charge in [0.1, 0.15) is 11.4 Å². The first-order chi connectivity index (χ1) is 12.2. The molecule has 1 saturated heterocycles. The number of para-hydroxylation sites is 1. The second-order valence-corrected chi connectivity index (χ2v) is 7.29. The Labute approximate surface area is 152 Å². The Kier molecular flexibility index (Phi) is 4.40. The van der Waals surface area contributed by atoms with Crippen molar-refractivity contribution in [2.45, 2.75) is 31.4 Å². The Balaban J connectivity index is 1.50. The standard InChI is InChI=1S/C20H21ClN2O2/c21-17-8-4-7-16-18(22-24)13-20(25-19(16)17)9-11-23(12-10-20)14-15-5-2-1-3-6-15/h1-8,24H,9-14H2/b22-18-. The minimum absolute atomic E-state index is 0.327. The number of piperidine rings is 1. The topological polar surface area (TPSA) is 45.1 Å². The molecule has 0 atom stereocenters. The zero-order valence-electron chi connectivity index (χ0n) is 14.0. The highest BCUT2D eigenvalue weighted by atomic mass is 35.5. The van der Waals surface area contributed by atoms with Crippen molar-refractivity contribution in [3.05, 3.63) is 64.7 Å². The molecule has 0 amide bonds. The van der Waals surface area contributed by atoms with Gasteiger partial charge in [-0.05, 0) is 17.7 Å². The lowest BCUT2D eigenvalue weighted by atomic mass is 9.82. The molecule has 2 aliphatic rings. The van der Waals surface area contributed by atoms with E-state index in [2.05, 4.69) is 34.3 Å². The van der Waals surface area contributed by atoms with Gasteiger partial charge in [0.2, 0.25) is 0 Å². The van der Waals surface area contributed by atoms with E-state index >= 15 is 0 Å². The molecule has 2 aromatic rings. The zero-order chi connectivity index (χ0) is 17.3. The summed E-state index contributed by atoms with van der Waals surface area (Å²) in [5.74, 6) is 0.653. The molecule has 0 unspecified atom stereocenters. The summed E-state index contributed by atoms with van der Waals surface area (Å²) < 4.78 is 6.37. The number of oxime groups is 1. The second kappa shape index (κ2) is 6.70. The Hall–Kier alpha value is -2.04. The number of halogens is 1. The number of likely N-dealkylation sites (tertiary alicyclic amines) is 1. The van der Waals surface area contributed by atoms with Gasteiger partial charge in [0.25, 0.3) is 0 Å². The Morgan fingerprint density at radius 3 is 2.56 bits per heavy atom. The van der Waals surface area contributed by atoms with Gasteiger partial charge in [-0.3, -0.25) is 4.90 Å². The zero-order valence-corrected chi connectivity index (χ0v) is 14.7. The monoisotopic (exact) mass is 356 g/mol. The van der Waals surface area contributed by atoms with E-state index < -0.39 is 0 Å². The van der Waals surface area contributed by atoms with Gasteiger partial charge in [0, 0.05) is 44.5 Å². The molecule has 1 fully saturated rings. The molecule has 1 spiro atoms. The summed E-state index contributed by atoms with van der Waals surface area (Å²) >= 11 is 6.33. The molecule has 130 valence electrons. The van der Waals surface area contributed by atoms with Crippen LogP contribution in [0.15, 0.2) is 53.7 Å². The van der Waals surface area contributed by atoms with E-state index in [1.54, 1.807) is 0 Å². The van der Waals surface area contributed by atoms with Crippen LogP contribution in [-0.4, -0.2) is 34.5 Å². The van der Waals surface area contributed by atoms with Crippen LogP contribution in [0.3, 0.4) is 0 Å². The van der Waals surface area contributed by atoms with Crippen LogP contribution in [0.2, 0.25) is 5.02 Å². The van der Waals surface area contributed by atoms with Crippen molar-refractivity contribution in [2.75, 3.05) is 13.1 Å². The summed E-state index contributed by atoms with van der Waals surface area (Å²) in [6.45, 7) is 2.86. The van der Waals surface area contributed by atoms with Gasteiger partial charge in [-0.15, -0.1) is 0 Å². The van der Waals surface area contributed by atoms with Gasteiger partial charge in [0.05, 0.1) is 10.7 Å². The number of ether oxygens (including phenoxy) is 1. The van der Waals surface area contributed by atoms with Gasteiger partial charge in [0.15, 0.2) is 0 Å². The van der Waals surface area contributed by atoms with Crippen molar-refractivity contribution < 1.29 is 9.94 Å². The van der Waals surface area contributed by atoms with Crippen molar-refractivity contribution in [2.24, 2.45) is 5.16 Å². The van der Waals surface area contributed by atoms with Crippen LogP contribution in [-0.2, 0) is 6.54 Å². The van der Waals surface area contributed by atoms with E-state index in [0.29, 0.717) is 22.9 Å². The third kappa shape index (κ3) is 3.24. The Morgan fingerprint density at radius 2 is 1.84 bits per heavy atom. The van der Waals surface area contributed by atoms with Crippen molar-refractivity contribution in [3.63, 3.8) is 0 Å². The van der Waals surface area contributed by atoms with Gasteiger partial charge in [-0.25, -0.2) is 0 Å². The average Bonchev–Trinajstić information content (AvgIpc) is 2.65. The number of rotatable bonds is 2. The van der Waals surface area contributed by atoms with Crippen LogP contribution < -0.4 is 4.74 Å². The van der Waals surface area contributed by atoms with E-state index in [1.807, 2.05) is 24.3 Å². The maximum Gasteiger partial charge on any atom is 0.147 e. The quantitative estimate of drug-likeness (QED) is 0.643. The van der Waals surface area contributed by atoms with Crippen molar-refractivity contribution in [1.29, 1.82) is 0 Å². The van der Waals surface area contributed by atoms with Crippen LogP contribution in [0.5, 0.6) is 5.75 Å².